The van der Waals surface area contributed by atoms with Gasteiger partial charge in [-0.05, 0) is 42.7 Å². The minimum absolute atomic E-state index is 0.0661. The van der Waals surface area contributed by atoms with Gasteiger partial charge in [0.15, 0.2) is 5.60 Å². The molecule has 1 unspecified atom stereocenters. The fourth-order valence-corrected chi connectivity index (χ4v) is 9.71. The van der Waals surface area contributed by atoms with Crippen molar-refractivity contribution in [2.75, 3.05) is 149 Å². The van der Waals surface area contributed by atoms with Crippen LogP contribution in [0.4, 0.5) is 0 Å². The lowest BCUT2D eigenvalue weighted by Crippen LogP contribution is -2.44. The number of fused-ring (bicyclic) bond motifs is 5. The highest BCUT2D eigenvalue weighted by Gasteiger charge is 2.45. The van der Waals surface area contributed by atoms with Gasteiger partial charge < -0.3 is 66.5 Å². The van der Waals surface area contributed by atoms with E-state index in [4.69, 9.17) is 61.8 Å². The van der Waals surface area contributed by atoms with Gasteiger partial charge in [0, 0.05) is 46.6 Å². The molecule has 4 heterocycles. The van der Waals surface area contributed by atoms with Crippen LogP contribution in [0.5, 0.6) is 5.75 Å². The second kappa shape index (κ2) is 32.5. The van der Waals surface area contributed by atoms with Crippen molar-refractivity contribution >= 4 is 52.3 Å². The number of aromatic nitrogens is 2. The van der Waals surface area contributed by atoms with Crippen LogP contribution in [0.25, 0.3) is 22.3 Å². The molecule has 0 radical (unpaired) electrons. The largest absolute Gasteiger partial charge is 0.463 e. The normalized spacial score (nSPS) is 15.4. The first-order valence-corrected chi connectivity index (χ1v) is 26.7. The standard InChI is InChI=1S/C50H72N2O17S2/c1-5-38-39-31-37(7-8-43(39)51-46-40(38)33-52-44(46)32-42-41(47(52)54)34-68-49(56)50(42,57)6-2)69-48(55)36(3)35-71-30-29-70-28-9-45(53)67-27-26-66-25-24-65-23-22-64-21-20-63-19-18-62-17-16-61-15-14-60-13-12-59-11-10-58-4/h7-8,31-32,36,57H,5-6,9-30,33-35H2,1-4H3/t36?,50-/m0/s1. The van der Waals surface area contributed by atoms with Crippen LogP contribution >= 0.6 is 23.5 Å². The first kappa shape index (κ1) is 58.2. The van der Waals surface area contributed by atoms with E-state index in [2.05, 4.69) is 0 Å². The zero-order valence-electron chi connectivity index (χ0n) is 41.7. The maximum Gasteiger partial charge on any atom is 0.343 e. The number of nitrogens with zero attached hydrogens (tertiary/aromatic N) is 2. The van der Waals surface area contributed by atoms with Crippen molar-refractivity contribution in [3.8, 4) is 17.1 Å². The maximum atomic E-state index is 13.7. The van der Waals surface area contributed by atoms with Gasteiger partial charge >= 0.3 is 17.9 Å². The van der Waals surface area contributed by atoms with E-state index >= 15 is 0 Å². The Labute approximate surface area is 424 Å². The third-order valence-electron chi connectivity index (χ3n) is 11.5. The Morgan fingerprint density at radius 3 is 1.85 bits per heavy atom. The molecule has 0 spiro atoms. The number of thioether (sulfide) groups is 2. The molecule has 0 amide bonds. The zero-order valence-corrected chi connectivity index (χ0v) is 43.3. The van der Waals surface area contributed by atoms with E-state index in [1.165, 1.54) is 0 Å². The average molecular weight is 1040 g/mol. The van der Waals surface area contributed by atoms with E-state index in [-0.39, 0.29) is 60.7 Å². The van der Waals surface area contributed by atoms with E-state index in [1.54, 1.807) is 60.3 Å². The van der Waals surface area contributed by atoms with Crippen molar-refractivity contribution in [1.29, 1.82) is 0 Å². The summed E-state index contributed by atoms with van der Waals surface area (Å²) in [5.41, 5.74) is 2.04. The number of rotatable bonds is 39. The Kier molecular flexibility index (Phi) is 26.6. The number of hydrogen-bond acceptors (Lipinski definition) is 20. The first-order valence-electron chi connectivity index (χ1n) is 24.4. The number of aliphatic hydroxyl groups is 1. The summed E-state index contributed by atoms with van der Waals surface area (Å²) in [4.78, 5) is 56.4. The smallest absolute Gasteiger partial charge is 0.343 e. The molecule has 396 valence electrons. The van der Waals surface area contributed by atoms with Crippen molar-refractivity contribution in [2.45, 2.75) is 58.8 Å². The third kappa shape index (κ3) is 18.3. The summed E-state index contributed by atoms with van der Waals surface area (Å²) < 4.78 is 66.5. The molecule has 2 aliphatic rings. The van der Waals surface area contributed by atoms with Gasteiger partial charge in [-0.15, -0.1) is 0 Å². The van der Waals surface area contributed by atoms with Crippen molar-refractivity contribution in [3.63, 3.8) is 0 Å². The Morgan fingerprint density at radius 1 is 0.746 bits per heavy atom. The van der Waals surface area contributed by atoms with Gasteiger partial charge in [0.05, 0.1) is 154 Å². The molecule has 2 aromatic heterocycles. The highest BCUT2D eigenvalue weighted by atomic mass is 32.2. The molecule has 71 heavy (non-hydrogen) atoms. The third-order valence-corrected chi connectivity index (χ3v) is 13.9. The molecule has 21 heteroatoms. The maximum absolute atomic E-state index is 13.7. The van der Waals surface area contributed by atoms with Crippen LogP contribution in [0.1, 0.15) is 55.9 Å². The van der Waals surface area contributed by atoms with Crippen LogP contribution in [0, 0.1) is 5.92 Å². The predicted molar refractivity (Wildman–Crippen MR) is 267 cm³/mol. The molecule has 3 aromatic rings. The van der Waals surface area contributed by atoms with Crippen LogP contribution in [-0.2, 0) is 91.7 Å². The van der Waals surface area contributed by atoms with Gasteiger partial charge in [-0.3, -0.25) is 14.4 Å². The minimum Gasteiger partial charge on any atom is -0.463 e. The van der Waals surface area contributed by atoms with E-state index in [0.717, 1.165) is 28.0 Å². The summed E-state index contributed by atoms with van der Waals surface area (Å²) >= 11 is 3.31. The Balaban J connectivity index is 0.823. The predicted octanol–water partition coefficient (Wildman–Crippen LogP) is 4.36. The molecule has 1 aromatic carbocycles. The number of esters is 3. The highest BCUT2D eigenvalue weighted by Crippen LogP contribution is 2.41. The van der Waals surface area contributed by atoms with E-state index in [9.17, 15) is 24.3 Å². The molecular weight excluding hydrogens is 965 g/mol. The average Bonchev–Trinajstić information content (AvgIpc) is 3.74. The highest BCUT2D eigenvalue weighted by molar-refractivity contribution is 8.02. The summed E-state index contributed by atoms with van der Waals surface area (Å²) in [6, 6.07) is 7.05. The number of ether oxygens (including phenoxy) is 12. The Hall–Kier alpha value is -3.71. The second-order valence-corrected chi connectivity index (χ2v) is 18.8. The van der Waals surface area contributed by atoms with Crippen LogP contribution in [0.15, 0.2) is 29.1 Å². The van der Waals surface area contributed by atoms with Gasteiger partial charge in [0.1, 0.15) is 19.0 Å². The lowest BCUT2D eigenvalue weighted by Gasteiger charge is -2.31. The molecule has 2 aliphatic heterocycles. The molecule has 0 saturated heterocycles. The van der Waals surface area contributed by atoms with Crippen LogP contribution in [0.2, 0.25) is 0 Å². The Bertz CT molecular complexity index is 2180. The van der Waals surface area contributed by atoms with Crippen molar-refractivity contribution in [2.24, 2.45) is 5.92 Å². The number of carbonyl (C=O) groups excluding carboxylic acids is 3. The monoisotopic (exact) mass is 1040 g/mol. The number of pyridine rings is 2. The summed E-state index contributed by atoms with van der Waals surface area (Å²) in [7, 11) is 1.64. The van der Waals surface area contributed by atoms with Crippen molar-refractivity contribution in [1.82, 2.24) is 9.55 Å². The van der Waals surface area contributed by atoms with Crippen LogP contribution in [-0.4, -0.2) is 182 Å². The SMILES string of the molecule is CCc1c2c(nc3ccc(OC(=O)C(C)CSCCSCCC(=O)OCCOCCOCCOCCOCCOCCOCCOCCOCCOC)cc13)-c1cc3c(c(=O)n1C2)COC(=O)[C@]3(O)CC. The lowest BCUT2D eigenvalue weighted by molar-refractivity contribution is -0.172. The summed E-state index contributed by atoms with van der Waals surface area (Å²) in [6.45, 7) is 13.9. The molecule has 0 aliphatic carbocycles. The number of aryl methyl sites for hydroxylation is 1. The molecule has 1 N–H and O–H groups in total. The zero-order chi connectivity index (χ0) is 50.7. The summed E-state index contributed by atoms with van der Waals surface area (Å²) in [5, 5.41) is 12.0. The number of carbonyl (C=O) groups is 3. The topological polar surface area (TPSA) is 217 Å². The van der Waals surface area contributed by atoms with Gasteiger partial charge in [-0.1, -0.05) is 20.8 Å². The lowest BCUT2D eigenvalue weighted by atomic mass is 9.86. The Morgan fingerprint density at radius 2 is 1.30 bits per heavy atom. The number of methoxy groups -OCH3 is 1. The van der Waals surface area contributed by atoms with E-state index in [0.29, 0.717) is 159 Å². The molecule has 2 atom stereocenters. The van der Waals surface area contributed by atoms with Gasteiger partial charge in [-0.2, -0.15) is 23.5 Å². The number of cyclic esters (lactones) is 1. The van der Waals surface area contributed by atoms with Crippen LogP contribution < -0.4 is 10.3 Å². The van der Waals surface area contributed by atoms with Crippen LogP contribution in [0.3, 0.4) is 0 Å². The minimum atomic E-state index is -1.90. The quantitative estimate of drug-likeness (QED) is 0.0373. The number of hydrogen-bond donors (Lipinski definition) is 1. The summed E-state index contributed by atoms with van der Waals surface area (Å²) in [6.07, 6.45) is 1.01. The van der Waals surface area contributed by atoms with Crippen molar-refractivity contribution < 1.29 is 76.3 Å². The molecule has 0 bridgehead atoms. The van der Waals surface area contributed by atoms with Crippen molar-refractivity contribution in [3.05, 3.63) is 56.9 Å². The molecule has 0 saturated carbocycles. The molecule has 5 rings (SSSR count). The van der Waals surface area contributed by atoms with E-state index in [1.807, 2.05) is 19.9 Å². The van der Waals surface area contributed by atoms with Gasteiger partial charge in [0.2, 0.25) is 0 Å². The molecule has 19 nitrogen and oxygen atoms in total. The summed E-state index contributed by atoms with van der Waals surface area (Å²) in [5.74, 6) is 1.56. The van der Waals surface area contributed by atoms with E-state index < -0.39 is 11.6 Å². The molecular formula is C50H72N2O17S2. The van der Waals surface area contributed by atoms with Gasteiger partial charge in [-0.25, -0.2) is 9.78 Å². The van der Waals surface area contributed by atoms with Gasteiger partial charge in [0.25, 0.3) is 5.56 Å². The molecule has 0 fully saturated rings. The number of benzene rings is 1. The fraction of sp³-hybridized carbons (Fsp3) is 0.660. The first-order chi connectivity index (χ1) is 34.6. The fourth-order valence-electron chi connectivity index (χ4n) is 7.60. The second-order valence-electron chi connectivity index (χ2n) is 16.4.